The maximum absolute atomic E-state index is 13.7. The number of aromatic hydroxyl groups is 1. The van der Waals surface area contributed by atoms with Crippen molar-refractivity contribution in [3.8, 4) is 5.75 Å². The highest BCUT2D eigenvalue weighted by Gasteiger charge is 2.19. The monoisotopic (exact) mass is 396 g/mol. The number of nitrogens with one attached hydrogen (secondary N) is 1. The molecule has 2 aromatic carbocycles. The minimum atomic E-state index is -0.433. The number of amides is 1. The second-order valence-corrected chi connectivity index (χ2v) is 7.08. The Hall–Kier alpha value is -3.19. The Bertz CT molecular complexity index is 1130. The number of phenolic OH excluding ortho intramolecular Hbond substituents is 1. The molecule has 1 aliphatic heterocycles. The van der Waals surface area contributed by atoms with Crippen molar-refractivity contribution in [1.82, 2.24) is 5.32 Å². The van der Waals surface area contributed by atoms with Crippen molar-refractivity contribution >= 4 is 22.6 Å². The largest absolute Gasteiger partial charge is 0.508 e. The minimum absolute atomic E-state index is 0.000792. The van der Waals surface area contributed by atoms with Gasteiger partial charge in [0.05, 0.1) is 11.8 Å². The summed E-state index contributed by atoms with van der Waals surface area (Å²) in [5, 5.41) is 13.2. The molecule has 0 radical (unpaired) electrons. The fourth-order valence-corrected chi connectivity index (χ4v) is 3.27. The average Bonchev–Trinajstić information content (AvgIpc) is 3.22. The number of nitrogens with zero attached hydrogens (tertiary/aromatic N) is 1. The third-order valence-electron chi connectivity index (χ3n) is 4.89. The highest BCUT2D eigenvalue weighted by Crippen LogP contribution is 2.22. The Morgan fingerprint density at radius 1 is 1.28 bits per heavy atom. The van der Waals surface area contributed by atoms with Gasteiger partial charge in [0.1, 0.15) is 22.7 Å². The van der Waals surface area contributed by atoms with Crippen LogP contribution in [0, 0.1) is 12.7 Å². The molecule has 0 bridgehead atoms. The summed E-state index contributed by atoms with van der Waals surface area (Å²) in [5.74, 6) is -0.756. The van der Waals surface area contributed by atoms with Crippen LogP contribution in [-0.4, -0.2) is 30.3 Å². The van der Waals surface area contributed by atoms with Crippen molar-refractivity contribution in [2.75, 3.05) is 13.2 Å². The summed E-state index contributed by atoms with van der Waals surface area (Å²) in [7, 11) is 0. The summed E-state index contributed by atoms with van der Waals surface area (Å²) in [4.78, 5) is 17.3. The van der Waals surface area contributed by atoms with Crippen molar-refractivity contribution in [1.29, 1.82) is 0 Å². The van der Waals surface area contributed by atoms with Gasteiger partial charge in [0.25, 0.3) is 5.91 Å². The molecule has 6 nitrogen and oxygen atoms in total. The van der Waals surface area contributed by atoms with Gasteiger partial charge in [-0.1, -0.05) is 6.07 Å². The molecule has 4 rings (SSSR count). The molecule has 0 saturated carbocycles. The first kappa shape index (κ1) is 19.1. The summed E-state index contributed by atoms with van der Waals surface area (Å²) >= 11 is 0. The van der Waals surface area contributed by atoms with E-state index in [4.69, 9.17) is 9.15 Å². The van der Waals surface area contributed by atoms with Crippen LogP contribution in [0.25, 0.3) is 11.0 Å². The van der Waals surface area contributed by atoms with Gasteiger partial charge in [-0.05, 0) is 55.7 Å². The predicted octanol–water partition coefficient (Wildman–Crippen LogP) is 3.73. The van der Waals surface area contributed by atoms with Crippen LogP contribution in [0.2, 0.25) is 0 Å². The van der Waals surface area contributed by atoms with E-state index in [0.717, 1.165) is 18.4 Å². The number of halogens is 1. The molecule has 29 heavy (non-hydrogen) atoms. The quantitative estimate of drug-likeness (QED) is 0.704. The Morgan fingerprint density at radius 2 is 2.14 bits per heavy atom. The molecule has 0 unspecified atom stereocenters. The Labute approximate surface area is 166 Å². The molecular weight excluding hydrogens is 375 g/mol. The van der Waals surface area contributed by atoms with Crippen LogP contribution in [0.4, 0.5) is 10.1 Å². The molecule has 150 valence electrons. The van der Waals surface area contributed by atoms with Gasteiger partial charge in [-0.3, -0.25) is 4.79 Å². The number of fused-ring (bicyclic) bond motifs is 1. The second-order valence-electron chi connectivity index (χ2n) is 7.08. The first-order chi connectivity index (χ1) is 14.0. The van der Waals surface area contributed by atoms with Gasteiger partial charge in [-0.15, -0.1) is 0 Å². The average molecular weight is 396 g/mol. The van der Waals surface area contributed by atoms with Gasteiger partial charge < -0.3 is 19.6 Å². The van der Waals surface area contributed by atoms with E-state index < -0.39 is 5.82 Å². The molecule has 1 amide bonds. The third kappa shape index (κ3) is 4.30. The van der Waals surface area contributed by atoms with Gasteiger partial charge in [0.15, 0.2) is 0 Å². The third-order valence-corrected chi connectivity index (χ3v) is 4.89. The van der Waals surface area contributed by atoms with E-state index in [1.54, 1.807) is 25.1 Å². The Morgan fingerprint density at radius 3 is 2.93 bits per heavy atom. The highest BCUT2D eigenvalue weighted by atomic mass is 19.1. The maximum atomic E-state index is 13.7. The first-order valence-electron chi connectivity index (χ1n) is 9.47. The Balaban J connectivity index is 1.79. The van der Waals surface area contributed by atoms with Gasteiger partial charge in [-0.2, -0.15) is 0 Å². The predicted molar refractivity (Wildman–Crippen MR) is 106 cm³/mol. The molecule has 0 spiro atoms. The van der Waals surface area contributed by atoms with Crippen LogP contribution in [0.5, 0.6) is 5.75 Å². The fourth-order valence-electron chi connectivity index (χ4n) is 3.27. The summed E-state index contributed by atoms with van der Waals surface area (Å²) in [6.45, 7) is 2.89. The van der Waals surface area contributed by atoms with Gasteiger partial charge >= 0.3 is 0 Å². The van der Waals surface area contributed by atoms with Crippen molar-refractivity contribution in [2.24, 2.45) is 4.99 Å². The lowest BCUT2D eigenvalue weighted by molar-refractivity contribution is 0.0854. The van der Waals surface area contributed by atoms with E-state index in [1.807, 2.05) is 0 Å². The molecule has 3 aromatic rings. The van der Waals surface area contributed by atoms with Crippen molar-refractivity contribution in [3.05, 3.63) is 65.0 Å². The molecule has 1 fully saturated rings. The second kappa shape index (κ2) is 8.05. The zero-order valence-electron chi connectivity index (χ0n) is 15.9. The smallest absolute Gasteiger partial charge is 0.256 e. The van der Waals surface area contributed by atoms with Crippen molar-refractivity contribution in [2.45, 2.75) is 25.9 Å². The summed E-state index contributed by atoms with van der Waals surface area (Å²) < 4.78 is 25.1. The van der Waals surface area contributed by atoms with Crippen LogP contribution in [0.1, 0.15) is 28.8 Å². The minimum Gasteiger partial charge on any atom is -0.508 e. The summed E-state index contributed by atoms with van der Waals surface area (Å²) in [6, 6.07) is 10.5. The van der Waals surface area contributed by atoms with Gasteiger partial charge in [-0.25, -0.2) is 9.38 Å². The molecule has 7 heteroatoms. The molecule has 2 heterocycles. The lowest BCUT2D eigenvalue weighted by Gasteiger charge is -2.11. The maximum Gasteiger partial charge on any atom is 0.256 e. The molecular formula is C22H21FN2O4. The van der Waals surface area contributed by atoms with Crippen LogP contribution in [-0.2, 0) is 4.74 Å². The van der Waals surface area contributed by atoms with Crippen LogP contribution < -0.4 is 10.9 Å². The number of hydrogen-bond donors (Lipinski definition) is 2. The number of carbonyl (C=O) groups excluding carboxylic acids is 1. The number of aryl methyl sites for hydroxylation is 1. The van der Waals surface area contributed by atoms with E-state index in [0.29, 0.717) is 29.8 Å². The lowest BCUT2D eigenvalue weighted by atomic mass is 10.1. The van der Waals surface area contributed by atoms with E-state index in [9.17, 15) is 14.3 Å². The Kier molecular flexibility index (Phi) is 5.31. The van der Waals surface area contributed by atoms with E-state index in [1.165, 1.54) is 24.3 Å². The summed E-state index contributed by atoms with van der Waals surface area (Å²) in [6.07, 6.45) is 1.88. The van der Waals surface area contributed by atoms with Crippen molar-refractivity contribution in [3.63, 3.8) is 0 Å². The fraction of sp³-hybridized carbons (Fsp3) is 0.273. The van der Waals surface area contributed by atoms with Crippen LogP contribution in [0.15, 0.2) is 51.9 Å². The number of carbonyl (C=O) groups is 1. The molecule has 1 aromatic heterocycles. The summed E-state index contributed by atoms with van der Waals surface area (Å²) in [5.41, 5.74) is 1.74. The van der Waals surface area contributed by atoms with Gasteiger partial charge in [0, 0.05) is 24.6 Å². The number of phenols is 1. The normalized spacial score (nSPS) is 17.0. The zero-order chi connectivity index (χ0) is 20.4. The molecule has 0 aliphatic carbocycles. The zero-order valence-corrected chi connectivity index (χ0v) is 15.9. The number of benzene rings is 2. The van der Waals surface area contributed by atoms with E-state index >= 15 is 0 Å². The lowest BCUT2D eigenvalue weighted by Crippen LogP contribution is -2.34. The van der Waals surface area contributed by atoms with E-state index in [2.05, 4.69) is 10.3 Å². The first-order valence-corrected chi connectivity index (χ1v) is 9.47. The molecule has 1 saturated heterocycles. The number of ether oxygens (including phenoxy) is 1. The van der Waals surface area contributed by atoms with Crippen molar-refractivity contribution < 1.29 is 23.4 Å². The molecule has 1 atom stereocenters. The van der Waals surface area contributed by atoms with Crippen LogP contribution >= 0.6 is 0 Å². The number of rotatable bonds is 4. The SMILES string of the molecule is Cc1ccc(F)cc1N=c1oc2cc(O)ccc2cc1C(=O)NC[C@@H]1CCCO1. The molecule has 2 N–H and O–H groups in total. The van der Waals surface area contributed by atoms with E-state index in [-0.39, 0.29) is 28.9 Å². The van der Waals surface area contributed by atoms with Crippen LogP contribution in [0.3, 0.4) is 0 Å². The topological polar surface area (TPSA) is 84.1 Å². The standard InChI is InChI=1S/C22H21FN2O4/c1-13-4-6-15(23)10-19(13)25-22-18(21(27)24-12-17-3-2-8-28-17)9-14-5-7-16(26)11-20(14)29-22/h4-7,9-11,17,26H,2-3,8,12H2,1H3,(H,24,27)/t17-/m0/s1. The molecule has 1 aliphatic rings. The highest BCUT2D eigenvalue weighted by molar-refractivity contribution is 5.96. The number of hydrogen-bond acceptors (Lipinski definition) is 5. The van der Waals surface area contributed by atoms with Gasteiger partial charge in [0.2, 0.25) is 5.55 Å².